The van der Waals surface area contributed by atoms with Gasteiger partial charge in [-0.2, -0.15) is 0 Å². The molecule has 0 saturated carbocycles. The average molecular weight is 209 g/mol. The van der Waals surface area contributed by atoms with Gasteiger partial charge in [0.25, 0.3) is 0 Å². The van der Waals surface area contributed by atoms with Crippen LogP contribution in [0.15, 0.2) is 18.2 Å². The Morgan fingerprint density at radius 3 is 2.20 bits per heavy atom. The first-order chi connectivity index (χ1) is 7.19. The van der Waals surface area contributed by atoms with Crippen molar-refractivity contribution in [3.63, 3.8) is 0 Å². The van der Waals surface area contributed by atoms with Gasteiger partial charge in [0, 0.05) is 6.92 Å². The molecule has 82 valence electrons. The van der Waals surface area contributed by atoms with E-state index < -0.39 is 0 Å². The van der Waals surface area contributed by atoms with E-state index in [0.29, 0.717) is 18.0 Å². The number of benzene rings is 1. The van der Waals surface area contributed by atoms with Crippen LogP contribution in [0.1, 0.15) is 12.5 Å². The van der Waals surface area contributed by atoms with Gasteiger partial charge in [-0.15, -0.1) is 0 Å². The summed E-state index contributed by atoms with van der Waals surface area (Å²) in [7, 11) is 3.18. The second-order valence-corrected chi connectivity index (χ2v) is 3.05. The molecular formula is C11H15NO3. The Labute approximate surface area is 89.2 Å². The summed E-state index contributed by atoms with van der Waals surface area (Å²) >= 11 is 0. The molecule has 1 amide bonds. The molecule has 0 atom stereocenters. The Bertz CT molecular complexity index is 327. The first kappa shape index (κ1) is 11.4. The topological polar surface area (TPSA) is 47.6 Å². The Morgan fingerprint density at radius 1 is 1.27 bits per heavy atom. The summed E-state index contributed by atoms with van der Waals surface area (Å²) in [6, 6.07) is 5.51. The summed E-state index contributed by atoms with van der Waals surface area (Å²) in [5, 5.41) is 2.71. The van der Waals surface area contributed by atoms with Gasteiger partial charge in [-0.05, 0) is 12.1 Å². The standard InChI is InChI=1S/C11H15NO3/c1-8(13)12-7-9-10(14-2)5-4-6-11(9)15-3/h4-6H,7H2,1-3H3,(H,12,13). The lowest BCUT2D eigenvalue weighted by Crippen LogP contribution is -2.19. The van der Waals surface area contributed by atoms with Crippen molar-refractivity contribution >= 4 is 5.91 Å². The number of ether oxygens (including phenoxy) is 2. The molecular weight excluding hydrogens is 194 g/mol. The maximum Gasteiger partial charge on any atom is 0.217 e. The van der Waals surface area contributed by atoms with Gasteiger partial charge < -0.3 is 14.8 Å². The Morgan fingerprint density at radius 2 is 1.80 bits per heavy atom. The predicted octanol–water partition coefficient (Wildman–Crippen LogP) is 1.34. The summed E-state index contributed by atoms with van der Waals surface area (Å²) in [4.78, 5) is 10.8. The van der Waals surface area contributed by atoms with Crippen molar-refractivity contribution in [3.05, 3.63) is 23.8 Å². The van der Waals surface area contributed by atoms with E-state index in [1.807, 2.05) is 18.2 Å². The van der Waals surface area contributed by atoms with Crippen molar-refractivity contribution in [1.29, 1.82) is 0 Å². The molecule has 0 fully saturated rings. The molecule has 0 radical (unpaired) electrons. The highest BCUT2D eigenvalue weighted by molar-refractivity contribution is 5.73. The van der Waals surface area contributed by atoms with Crippen LogP contribution in [0, 0.1) is 0 Å². The molecule has 15 heavy (non-hydrogen) atoms. The number of hydrogen-bond donors (Lipinski definition) is 1. The normalized spacial score (nSPS) is 9.53. The highest BCUT2D eigenvalue weighted by atomic mass is 16.5. The third-order valence-electron chi connectivity index (χ3n) is 2.04. The highest BCUT2D eigenvalue weighted by Crippen LogP contribution is 2.27. The lowest BCUT2D eigenvalue weighted by atomic mass is 10.1. The van der Waals surface area contributed by atoms with E-state index in [2.05, 4.69) is 5.32 Å². The Kier molecular flexibility index (Phi) is 3.97. The van der Waals surface area contributed by atoms with Gasteiger partial charge >= 0.3 is 0 Å². The van der Waals surface area contributed by atoms with Crippen molar-refractivity contribution in [1.82, 2.24) is 5.32 Å². The average Bonchev–Trinajstić information content (AvgIpc) is 2.25. The van der Waals surface area contributed by atoms with Gasteiger partial charge in [0.1, 0.15) is 11.5 Å². The molecule has 0 heterocycles. The zero-order valence-electron chi connectivity index (χ0n) is 9.16. The second-order valence-electron chi connectivity index (χ2n) is 3.05. The van der Waals surface area contributed by atoms with E-state index >= 15 is 0 Å². The molecule has 1 N–H and O–H groups in total. The first-order valence-electron chi connectivity index (χ1n) is 4.63. The molecule has 0 aliphatic heterocycles. The van der Waals surface area contributed by atoms with Gasteiger partial charge in [-0.25, -0.2) is 0 Å². The predicted molar refractivity (Wildman–Crippen MR) is 57.1 cm³/mol. The maximum atomic E-state index is 10.8. The minimum Gasteiger partial charge on any atom is -0.496 e. The molecule has 0 unspecified atom stereocenters. The van der Waals surface area contributed by atoms with E-state index in [0.717, 1.165) is 5.56 Å². The molecule has 0 spiro atoms. The fourth-order valence-corrected chi connectivity index (χ4v) is 1.32. The van der Waals surface area contributed by atoms with E-state index in [9.17, 15) is 4.79 Å². The summed E-state index contributed by atoms with van der Waals surface area (Å²) in [5.74, 6) is 1.34. The van der Waals surface area contributed by atoms with Crippen LogP contribution in [-0.2, 0) is 11.3 Å². The number of rotatable bonds is 4. The van der Waals surface area contributed by atoms with Crippen molar-refractivity contribution < 1.29 is 14.3 Å². The second kappa shape index (κ2) is 5.24. The van der Waals surface area contributed by atoms with Crippen molar-refractivity contribution in [2.75, 3.05) is 14.2 Å². The molecule has 1 aromatic rings. The van der Waals surface area contributed by atoms with Crippen molar-refractivity contribution in [2.45, 2.75) is 13.5 Å². The monoisotopic (exact) mass is 209 g/mol. The quantitative estimate of drug-likeness (QED) is 0.814. The van der Waals surface area contributed by atoms with E-state index in [1.165, 1.54) is 6.92 Å². The van der Waals surface area contributed by atoms with Crippen LogP contribution in [0.5, 0.6) is 11.5 Å². The Balaban J connectivity index is 2.94. The first-order valence-corrected chi connectivity index (χ1v) is 4.63. The molecule has 0 bridgehead atoms. The lowest BCUT2D eigenvalue weighted by molar-refractivity contribution is -0.119. The van der Waals surface area contributed by atoms with Crippen molar-refractivity contribution in [3.8, 4) is 11.5 Å². The van der Waals surface area contributed by atoms with E-state index in [1.54, 1.807) is 14.2 Å². The van der Waals surface area contributed by atoms with E-state index in [4.69, 9.17) is 9.47 Å². The molecule has 0 saturated heterocycles. The van der Waals surface area contributed by atoms with Crippen LogP contribution in [0.25, 0.3) is 0 Å². The third kappa shape index (κ3) is 2.87. The van der Waals surface area contributed by atoms with Crippen LogP contribution in [0.4, 0.5) is 0 Å². The van der Waals surface area contributed by atoms with Crippen molar-refractivity contribution in [2.24, 2.45) is 0 Å². The summed E-state index contributed by atoms with van der Waals surface area (Å²) in [5.41, 5.74) is 0.845. The summed E-state index contributed by atoms with van der Waals surface area (Å²) in [6.45, 7) is 1.88. The largest absolute Gasteiger partial charge is 0.496 e. The molecule has 0 aliphatic rings. The number of carbonyl (C=O) groups is 1. The van der Waals surface area contributed by atoms with Crippen LogP contribution >= 0.6 is 0 Å². The zero-order valence-corrected chi connectivity index (χ0v) is 9.16. The summed E-state index contributed by atoms with van der Waals surface area (Å²) < 4.78 is 10.4. The number of amides is 1. The molecule has 0 aromatic heterocycles. The molecule has 1 rings (SSSR count). The lowest BCUT2D eigenvalue weighted by Gasteiger charge is -2.12. The molecule has 4 heteroatoms. The van der Waals surface area contributed by atoms with Gasteiger partial charge in [-0.3, -0.25) is 4.79 Å². The molecule has 4 nitrogen and oxygen atoms in total. The summed E-state index contributed by atoms with van der Waals surface area (Å²) in [6.07, 6.45) is 0. The third-order valence-corrected chi connectivity index (χ3v) is 2.04. The highest BCUT2D eigenvalue weighted by Gasteiger charge is 2.09. The number of carbonyl (C=O) groups excluding carboxylic acids is 1. The van der Waals surface area contributed by atoms with Gasteiger partial charge in [0.05, 0.1) is 26.3 Å². The van der Waals surface area contributed by atoms with Crippen LogP contribution in [-0.4, -0.2) is 20.1 Å². The number of methoxy groups -OCH3 is 2. The zero-order chi connectivity index (χ0) is 11.3. The minimum atomic E-state index is -0.0806. The SMILES string of the molecule is COc1cccc(OC)c1CNC(C)=O. The van der Waals surface area contributed by atoms with Gasteiger partial charge in [0.15, 0.2) is 0 Å². The number of hydrogen-bond acceptors (Lipinski definition) is 3. The molecule has 0 aliphatic carbocycles. The fraction of sp³-hybridized carbons (Fsp3) is 0.364. The smallest absolute Gasteiger partial charge is 0.217 e. The Hall–Kier alpha value is -1.71. The molecule has 1 aromatic carbocycles. The van der Waals surface area contributed by atoms with Gasteiger partial charge in [-0.1, -0.05) is 6.07 Å². The van der Waals surface area contributed by atoms with E-state index in [-0.39, 0.29) is 5.91 Å². The van der Waals surface area contributed by atoms with Crippen LogP contribution in [0.3, 0.4) is 0 Å². The maximum absolute atomic E-state index is 10.8. The fourth-order valence-electron chi connectivity index (χ4n) is 1.32. The number of nitrogens with one attached hydrogen (secondary N) is 1. The van der Waals surface area contributed by atoms with Crippen LogP contribution in [0.2, 0.25) is 0 Å². The minimum absolute atomic E-state index is 0.0806. The van der Waals surface area contributed by atoms with Gasteiger partial charge in [0.2, 0.25) is 5.91 Å². The van der Waals surface area contributed by atoms with Crippen LogP contribution < -0.4 is 14.8 Å².